The second kappa shape index (κ2) is 12.6. The van der Waals surface area contributed by atoms with Gasteiger partial charge in [-0.25, -0.2) is 0 Å². The van der Waals surface area contributed by atoms with Crippen molar-refractivity contribution in [1.82, 2.24) is 25.2 Å². The molecule has 3 N–H and O–H groups in total. The van der Waals surface area contributed by atoms with Gasteiger partial charge < -0.3 is 25.8 Å². The zero-order chi connectivity index (χ0) is 25.7. The number of rotatable bonds is 7. The molecule has 37 heavy (non-hydrogen) atoms. The van der Waals surface area contributed by atoms with Crippen LogP contribution in [0.1, 0.15) is 36.8 Å². The third kappa shape index (κ3) is 7.57. The number of nitrogens with one attached hydrogen (secondary N) is 3. The summed E-state index contributed by atoms with van der Waals surface area (Å²) in [6.07, 6.45) is -1.54. The van der Waals surface area contributed by atoms with E-state index >= 15 is 0 Å². The Bertz CT molecular complexity index is 1050. The van der Waals surface area contributed by atoms with Crippen molar-refractivity contribution in [3.05, 3.63) is 35.4 Å². The first-order valence-corrected chi connectivity index (χ1v) is 12.3. The average molecular weight is 543 g/mol. The molecule has 1 saturated carbocycles. The zero-order valence-electron chi connectivity index (χ0n) is 21.0. The number of nitrogens with zero attached hydrogens (tertiary/aromatic N) is 5. The quantitative estimate of drug-likeness (QED) is 0.490. The Labute approximate surface area is 221 Å². The molecule has 1 amide bonds. The van der Waals surface area contributed by atoms with Crippen molar-refractivity contribution in [2.75, 3.05) is 55.8 Å². The van der Waals surface area contributed by atoms with Gasteiger partial charge in [0.2, 0.25) is 23.8 Å². The summed E-state index contributed by atoms with van der Waals surface area (Å²) in [5, 5.41) is 9.06. The van der Waals surface area contributed by atoms with Gasteiger partial charge in [0.05, 0.1) is 5.56 Å². The molecule has 1 aliphatic heterocycles. The number of halogens is 4. The average Bonchev–Trinajstić information content (AvgIpc) is 2.87. The van der Waals surface area contributed by atoms with Crippen LogP contribution in [0.4, 0.5) is 31.0 Å². The molecule has 0 bridgehead atoms. The molecule has 13 heteroatoms. The third-order valence-electron chi connectivity index (χ3n) is 6.79. The number of hydrogen-bond acceptors (Lipinski definition) is 8. The van der Waals surface area contributed by atoms with E-state index in [2.05, 4.69) is 47.7 Å². The predicted molar refractivity (Wildman–Crippen MR) is 139 cm³/mol. The van der Waals surface area contributed by atoms with E-state index in [9.17, 15) is 18.0 Å². The number of carbonyl (C=O) groups excluding carboxylic acids is 1. The molecule has 1 aliphatic carbocycles. The monoisotopic (exact) mass is 542 g/mol. The van der Waals surface area contributed by atoms with Crippen LogP contribution in [-0.4, -0.2) is 72.1 Å². The van der Waals surface area contributed by atoms with Crippen molar-refractivity contribution in [1.29, 1.82) is 0 Å². The minimum Gasteiger partial charge on any atom is -0.357 e. The predicted octanol–water partition coefficient (Wildman–Crippen LogP) is 3.39. The highest BCUT2D eigenvalue weighted by Gasteiger charge is 2.33. The second-order valence-electron chi connectivity index (χ2n) is 9.40. The highest BCUT2D eigenvalue weighted by Crippen LogP contribution is 2.32. The molecule has 2 heterocycles. The lowest BCUT2D eigenvalue weighted by atomic mass is 9.85. The van der Waals surface area contributed by atoms with Gasteiger partial charge in [0.25, 0.3) is 0 Å². The summed E-state index contributed by atoms with van der Waals surface area (Å²) in [5.74, 6) is 1.00. The van der Waals surface area contributed by atoms with Crippen LogP contribution in [0.25, 0.3) is 0 Å². The number of aromatic nitrogens is 3. The molecule has 2 atom stereocenters. The molecular formula is C24H34ClF3N8O. The van der Waals surface area contributed by atoms with Gasteiger partial charge in [-0.15, -0.1) is 12.4 Å². The number of likely N-dealkylation sites (N-methyl/N-ethyl adjacent to an activating group) is 1. The van der Waals surface area contributed by atoms with E-state index in [-0.39, 0.29) is 42.4 Å². The van der Waals surface area contributed by atoms with Gasteiger partial charge in [-0.1, -0.05) is 24.6 Å². The molecule has 4 rings (SSSR count). The highest BCUT2D eigenvalue weighted by atomic mass is 35.5. The van der Waals surface area contributed by atoms with Crippen molar-refractivity contribution in [2.24, 2.45) is 5.92 Å². The molecule has 2 unspecified atom stereocenters. The molecule has 204 valence electrons. The van der Waals surface area contributed by atoms with Crippen LogP contribution in [0.2, 0.25) is 0 Å². The Morgan fingerprint density at radius 2 is 1.76 bits per heavy atom. The van der Waals surface area contributed by atoms with E-state index in [1.54, 1.807) is 13.1 Å². The van der Waals surface area contributed by atoms with Crippen LogP contribution in [0.15, 0.2) is 24.3 Å². The van der Waals surface area contributed by atoms with Gasteiger partial charge in [0.1, 0.15) is 0 Å². The fourth-order valence-electron chi connectivity index (χ4n) is 4.71. The van der Waals surface area contributed by atoms with Gasteiger partial charge in [-0.05, 0) is 37.9 Å². The number of benzene rings is 1. The summed E-state index contributed by atoms with van der Waals surface area (Å²) in [6.45, 7) is 3.35. The lowest BCUT2D eigenvalue weighted by molar-refractivity contribution is -0.138. The first-order chi connectivity index (χ1) is 17.2. The Morgan fingerprint density at radius 3 is 2.46 bits per heavy atom. The Balaban J connectivity index is 0.00000380. The van der Waals surface area contributed by atoms with E-state index in [0.29, 0.717) is 30.7 Å². The van der Waals surface area contributed by atoms with Gasteiger partial charge >= 0.3 is 6.18 Å². The molecule has 0 spiro atoms. The number of carbonyl (C=O) groups is 1. The maximum absolute atomic E-state index is 13.3. The zero-order valence-corrected chi connectivity index (χ0v) is 21.8. The van der Waals surface area contributed by atoms with Crippen molar-refractivity contribution in [3.63, 3.8) is 0 Å². The molecule has 2 aromatic rings. The summed E-state index contributed by atoms with van der Waals surface area (Å²) < 4.78 is 39.8. The van der Waals surface area contributed by atoms with Crippen LogP contribution in [-0.2, 0) is 17.5 Å². The van der Waals surface area contributed by atoms with E-state index in [0.717, 1.165) is 45.1 Å². The van der Waals surface area contributed by atoms with Gasteiger partial charge in [-0.3, -0.25) is 4.79 Å². The fourth-order valence-corrected chi connectivity index (χ4v) is 4.71. The summed E-state index contributed by atoms with van der Waals surface area (Å²) in [5.41, 5.74) is -0.662. The molecule has 1 saturated heterocycles. The van der Waals surface area contributed by atoms with Crippen LogP contribution < -0.4 is 20.9 Å². The molecule has 9 nitrogen and oxygen atoms in total. The number of amides is 1. The number of alkyl halides is 3. The minimum absolute atomic E-state index is 0. The molecule has 2 aliphatic rings. The van der Waals surface area contributed by atoms with E-state index < -0.39 is 11.7 Å². The first kappa shape index (κ1) is 28.7. The largest absolute Gasteiger partial charge is 0.416 e. The topological polar surface area (TPSA) is 98.3 Å². The smallest absolute Gasteiger partial charge is 0.357 e. The van der Waals surface area contributed by atoms with Crippen LogP contribution in [0.3, 0.4) is 0 Å². The Hall–Kier alpha value is -2.86. The van der Waals surface area contributed by atoms with Crippen molar-refractivity contribution >= 4 is 36.2 Å². The van der Waals surface area contributed by atoms with Gasteiger partial charge in [-0.2, -0.15) is 28.1 Å². The molecule has 2 fully saturated rings. The standard InChI is InChI=1S/C24H33F3N8O.ClH/c1-28-21-31-22(33-23(32-21)35-12-10-34(2)11-13-35)30-18-8-5-7-16(14-18)20(36)29-15-17-6-3-4-9-19(17)24(25,26)27;/h3-4,6,9,16,18H,5,7-8,10-15H2,1-2H3,(H,29,36)(H2,28,30,31,32,33);1H. The number of piperazine rings is 1. The lowest BCUT2D eigenvalue weighted by Gasteiger charge is -2.33. The minimum atomic E-state index is -4.46. The molecule has 1 aromatic carbocycles. The van der Waals surface area contributed by atoms with Crippen LogP contribution in [0.5, 0.6) is 0 Å². The second-order valence-corrected chi connectivity index (χ2v) is 9.40. The van der Waals surface area contributed by atoms with Crippen molar-refractivity contribution in [3.8, 4) is 0 Å². The molecule has 0 radical (unpaired) electrons. The van der Waals surface area contributed by atoms with Gasteiger partial charge in [0, 0.05) is 51.7 Å². The van der Waals surface area contributed by atoms with Crippen LogP contribution in [0, 0.1) is 5.92 Å². The molecular weight excluding hydrogens is 509 g/mol. The summed E-state index contributed by atoms with van der Waals surface area (Å²) in [7, 11) is 3.84. The van der Waals surface area contributed by atoms with E-state index in [4.69, 9.17) is 0 Å². The summed E-state index contributed by atoms with van der Waals surface area (Å²) in [6, 6.07) is 5.30. The SMILES string of the molecule is CNc1nc(NC2CCCC(C(=O)NCc3ccccc3C(F)(F)F)C2)nc(N2CCN(C)CC2)n1.Cl. The summed E-state index contributed by atoms with van der Waals surface area (Å²) in [4.78, 5) is 30.8. The Morgan fingerprint density at radius 1 is 1.05 bits per heavy atom. The Kier molecular flexibility index (Phi) is 9.77. The lowest BCUT2D eigenvalue weighted by Crippen LogP contribution is -2.45. The van der Waals surface area contributed by atoms with Crippen molar-refractivity contribution in [2.45, 2.75) is 44.4 Å². The van der Waals surface area contributed by atoms with Crippen LogP contribution >= 0.6 is 12.4 Å². The van der Waals surface area contributed by atoms with Crippen molar-refractivity contribution < 1.29 is 18.0 Å². The maximum atomic E-state index is 13.3. The third-order valence-corrected chi connectivity index (χ3v) is 6.79. The first-order valence-electron chi connectivity index (χ1n) is 12.3. The normalized spacial score (nSPS) is 20.6. The van der Waals surface area contributed by atoms with E-state index in [1.165, 1.54) is 12.1 Å². The maximum Gasteiger partial charge on any atom is 0.416 e. The number of anilines is 3. The van der Waals surface area contributed by atoms with Gasteiger partial charge in [0.15, 0.2) is 0 Å². The summed E-state index contributed by atoms with van der Waals surface area (Å²) >= 11 is 0. The number of hydrogen-bond donors (Lipinski definition) is 3. The van der Waals surface area contributed by atoms with E-state index in [1.807, 2.05) is 0 Å². The highest BCUT2D eigenvalue weighted by molar-refractivity contribution is 5.85. The molecule has 1 aromatic heterocycles. The fraction of sp³-hybridized carbons (Fsp3) is 0.583.